The Hall–Kier alpha value is -1.56. The number of hydrogen-bond donors (Lipinski definition) is 2. The molecule has 1 aliphatic heterocycles. The van der Waals surface area contributed by atoms with E-state index in [1.54, 1.807) is 11.8 Å². The number of aliphatic hydroxyl groups is 1. The second kappa shape index (κ2) is 10.7. The average Bonchev–Trinajstić information content (AvgIpc) is 3.18. The predicted octanol–water partition coefficient (Wildman–Crippen LogP) is 3.32. The first-order valence-electron chi connectivity index (χ1n) is 9.80. The second-order valence-corrected chi connectivity index (χ2v) is 8.60. The number of hydrogen-bond acceptors (Lipinski definition) is 5. The smallest absolute Gasteiger partial charge is 0.132 e. The monoisotopic (exact) mass is 387 g/mol. The lowest BCUT2D eigenvalue weighted by molar-refractivity contribution is -0.107. The number of carbonyl (C=O) groups excluding carboxylic acids is 1. The fourth-order valence-corrected chi connectivity index (χ4v) is 4.70. The van der Waals surface area contributed by atoms with E-state index in [9.17, 15) is 4.79 Å². The summed E-state index contributed by atoms with van der Waals surface area (Å²) in [5.74, 6) is 1.32. The molecule has 27 heavy (non-hydrogen) atoms. The molecule has 0 radical (unpaired) electrons. The molecule has 0 amide bonds. The minimum Gasteiger partial charge on any atom is -0.493 e. The highest BCUT2D eigenvalue weighted by Crippen LogP contribution is 2.34. The van der Waals surface area contributed by atoms with Gasteiger partial charge in [-0.3, -0.25) is 0 Å². The van der Waals surface area contributed by atoms with Crippen molar-refractivity contribution in [3.63, 3.8) is 0 Å². The zero-order valence-electron chi connectivity index (χ0n) is 15.6. The van der Waals surface area contributed by atoms with E-state index in [1.165, 1.54) is 0 Å². The van der Waals surface area contributed by atoms with Crippen LogP contribution >= 0.6 is 11.8 Å². The fraction of sp³-hybridized carbons (Fsp3) is 0.500. The van der Waals surface area contributed by atoms with Crippen LogP contribution in [0.1, 0.15) is 25.7 Å². The first-order chi connectivity index (χ1) is 13.3. The molecule has 3 aliphatic rings. The van der Waals surface area contributed by atoms with Gasteiger partial charge in [0.05, 0.1) is 18.5 Å². The van der Waals surface area contributed by atoms with E-state index in [1.807, 2.05) is 0 Å². The molecule has 4 unspecified atom stereocenters. The average molecular weight is 388 g/mol. The summed E-state index contributed by atoms with van der Waals surface area (Å²) >= 11 is 1.75. The summed E-state index contributed by atoms with van der Waals surface area (Å²) in [7, 11) is 0. The van der Waals surface area contributed by atoms with Crippen molar-refractivity contribution in [2.24, 2.45) is 5.92 Å². The number of nitrogens with one attached hydrogen (secondary N) is 1. The molecule has 0 aromatic heterocycles. The zero-order chi connectivity index (χ0) is 18.9. The molecule has 1 heterocycles. The summed E-state index contributed by atoms with van der Waals surface area (Å²) in [4.78, 5) is 10.9. The van der Waals surface area contributed by atoms with Crippen molar-refractivity contribution in [3.8, 4) is 0 Å². The van der Waals surface area contributed by atoms with Crippen molar-refractivity contribution in [1.29, 1.82) is 0 Å². The zero-order valence-corrected chi connectivity index (χ0v) is 16.4. The summed E-state index contributed by atoms with van der Waals surface area (Å²) in [5.41, 5.74) is 1.11. The normalized spacial score (nSPS) is 30.4. The summed E-state index contributed by atoms with van der Waals surface area (Å²) in [6, 6.07) is 0.186. The molecule has 0 spiro atoms. The third-order valence-corrected chi connectivity index (χ3v) is 6.44. The first-order valence-corrected chi connectivity index (χ1v) is 10.7. The van der Waals surface area contributed by atoms with E-state index in [0.717, 1.165) is 43.3 Å². The van der Waals surface area contributed by atoms with E-state index < -0.39 is 0 Å². The molecule has 2 N–H and O–H groups in total. The van der Waals surface area contributed by atoms with Gasteiger partial charge in [-0.25, -0.2) is 0 Å². The molecule has 0 aromatic carbocycles. The van der Waals surface area contributed by atoms with Crippen LogP contribution in [0.15, 0.2) is 59.9 Å². The van der Waals surface area contributed by atoms with E-state index in [-0.39, 0.29) is 17.9 Å². The first kappa shape index (κ1) is 20.2. The van der Waals surface area contributed by atoms with Crippen LogP contribution < -0.4 is 5.32 Å². The Balaban J connectivity index is 1.61. The highest BCUT2D eigenvalue weighted by molar-refractivity contribution is 8.01. The Morgan fingerprint density at radius 2 is 2.15 bits per heavy atom. The van der Waals surface area contributed by atoms with Crippen molar-refractivity contribution in [3.05, 3.63) is 59.9 Å². The van der Waals surface area contributed by atoms with E-state index in [4.69, 9.17) is 9.84 Å². The van der Waals surface area contributed by atoms with Gasteiger partial charge in [0, 0.05) is 29.3 Å². The summed E-state index contributed by atoms with van der Waals surface area (Å²) in [5, 5.41) is 12.9. The van der Waals surface area contributed by atoms with Crippen molar-refractivity contribution in [2.45, 2.75) is 42.2 Å². The molecule has 3 rings (SSSR count). The van der Waals surface area contributed by atoms with Crippen LogP contribution in [0.4, 0.5) is 0 Å². The molecule has 2 aliphatic carbocycles. The molecule has 0 aromatic rings. The lowest BCUT2D eigenvalue weighted by Crippen LogP contribution is -2.31. The van der Waals surface area contributed by atoms with E-state index in [0.29, 0.717) is 24.3 Å². The van der Waals surface area contributed by atoms with Gasteiger partial charge in [0.15, 0.2) is 0 Å². The van der Waals surface area contributed by atoms with Crippen LogP contribution in [0.5, 0.6) is 0 Å². The number of aldehydes is 1. The van der Waals surface area contributed by atoms with Crippen molar-refractivity contribution in [2.75, 3.05) is 19.8 Å². The molecule has 0 bridgehead atoms. The Morgan fingerprint density at radius 1 is 1.26 bits per heavy atom. The highest BCUT2D eigenvalue weighted by Gasteiger charge is 2.23. The van der Waals surface area contributed by atoms with Crippen molar-refractivity contribution < 1.29 is 14.6 Å². The van der Waals surface area contributed by atoms with Crippen LogP contribution in [0.2, 0.25) is 0 Å². The number of aliphatic hydroxyl groups excluding tert-OH is 1. The number of carbonyl (C=O) groups is 1. The van der Waals surface area contributed by atoms with Gasteiger partial charge in [0.1, 0.15) is 12.0 Å². The van der Waals surface area contributed by atoms with Crippen LogP contribution in [0.3, 0.4) is 0 Å². The lowest BCUT2D eigenvalue weighted by Gasteiger charge is -2.23. The van der Waals surface area contributed by atoms with Crippen LogP contribution in [0, 0.1) is 5.92 Å². The van der Waals surface area contributed by atoms with Crippen LogP contribution in [-0.2, 0) is 9.53 Å². The molecule has 1 saturated heterocycles. The van der Waals surface area contributed by atoms with Crippen molar-refractivity contribution in [1.82, 2.24) is 5.32 Å². The third-order valence-electron chi connectivity index (χ3n) is 5.00. The minimum absolute atomic E-state index is 0.132. The number of rotatable bonds is 9. The largest absolute Gasteiger partial charge is 0.493 e. The summed E-state index contributed by atoms with van der Waals surface area (Å²) in [6.45, 7) is 1.37. The maximum atomic E-state index is 10.9. The number of allylic oxidation sites excluding steroid dienone is 4. The van der Waals surface area contributed by atoms with Gasteiger partial charge in [-0.1, -0.05) is 42.5 Å². The van der Waals surface area contributed by atoms with Crippen LogP contribution in [0.25, 0.3) is 0 Å². The van der Waals surface area contributed by atoms with Gasteiger partial charge >= 0.3 is 0 Å². The molecular formula is C22H29NO3S. The second-order valence-electron chi connectivity index (χ2n) is 7.12. The fourth-order valence-electron chi connectivity index (χ4n) is 3.47. The summed E-state index contributed by atoms with van der Waals surface area (Å²) in [6.07, 6.45) is 22.2. The maximum Gasteiger partial charge on any atom is 0.132 e. The van der Waals surface area contributed by atoms with E-state index in [2.05, 4.69) is 53.9 Å². The molecule has 4 nitrogen and oxygen atoms in total. The molecule has 0 saturated carbocycles. The van der Waals surface area contributed by atoms with Gasteiger partial charge in [-0.15, -0.1) is 11.8 Å². The summed E-state index contributed by atoms with van der Waals surface area (Å²) < 4.78 is 6.19. The minimum atomic E-state index is 0.132. The van der Waals surface area contributed by atoms with E-state index >= 15 is 0 Å². The topological polar surface area (TPSA) is 58.6 Å². The Morgan fingerprint density at radius 3 is 2.89 bits per heavy atom. The highest BCUT2D eigenvalue weighted by atomic mass is 32.2. The van der Waals surface area contributed by atoms with Crippen LogP contribution in [-0.4, -0.2) is 47.7 Å². The molecule has 4 atom stereocenters. The third kappa shape index (κ3) is 6.23. The molecular weight excluding hydrogens is 358 g/mol. The van der Waals surface area contributed by atoms with Gasteiger partial charge in [-0.05, 0) is 31.8 Å². The van der Waals surface area contributed by atoms with Crippen molar-refractivity contribution >= 4 is 18.0 Å². The van der Waals surface area contributed by atoms with Gasteiger partial charge in [0.25, 0.3) is 0 Å². The number of ether oxygens (including phenoxy) is 1. The molecule has 146 valence electrons. The lowest BCUT2D eigenvalue weighted by atomic mass is 9.99. The molecule has 5 heteroatoms. The molecule has 1 fully saturated rings. The Labute approximate surface area is 166 Å². The Kier molecular flexibility index (Phi) is 7.99. The van der Waals surface area contributed by atoms with Gasteiger partial charge in [-0.2, -0.15) is 0 Å². The Bertz CT molecular complexity index is 650. The maximum absolute atomic E-state index is 10.9. The quantitative estimate of drug-likeness (QED) is 0.595. The van der Waals surface area contributed by atoms with Gasteiger partial charge < -0.3 is 20.0 Å². The predicted molar refractivity (Wildman–Crippen MR) is 112 cm³/mol. The van der Waals surface area contributed by atoms with Gasteiger partial charge in [0.2, 0.25) is 0 Å². The standard InChI is InChI=1S/C22H29NO3S/c24-13-12-23-19-8-6-18(7-9-20-10-11-21(15-25)27-20)22(14-19)26-16-17-4-2-1-3-5-17/h1-4,6-7,9,14-15,17,19-21,23-24H,5,8,10-13,16H2/b9-7+. The SMILES string of the molecule is O=CC1CCC(/C=C/C2=CCC(NCCO)C=C2OCC2C=CC=CC2)S1. The number of thioether (sulfide) groups is 1.